The Balaban J connectivity index is 0.000000298. The third-order valence-corrected chi connectivity index (χ3v) is 19.7. The molecule has 0 unspecified atom stereocenters. The number of hydrogen-bond donors (Lipinski definition) is 0. The lowest BCUT2D eigenvalue weighted by Gasteiger charge is -2.48. The van der Waals surface area contributed by atoms with Crippen molar-refractivity contribution in [2.45, 2.75) is 248 Å². The Kier molecular flexibility index (Phi) is 18.4. The van der Waals surface area contributed by atoms with Crippen LogP contribution in [-0.2, 0) is 54.1 Å². The molecule has 0 bridgehead atoms. The van der Waals surface area contributed by atoms with Crippen LogP contribution in [0.5, 0.6) is 11.5 Å². The van der Waals surface area contributed by atoms with E-state index < -0.39 is 6.15 Å². The van der Waals surface area contributed by atoms with E-state index in [2.05, 4.69) is 333 Å². The summed E-state index contributed by atoms with van der Waals surface area (Å²) in [6.45, 7) is 66.5. The molecule has 0 aromatic heterocycles. The van der Waals surface area contributed by atoms with E-state index in [-0.39, 0.29) is 54.1 Å². The molecule has 8 rings (SSSR count). The van der Waals surface area contributed by atoms with Crippen molar-refractivity contribution in [1.29, 1.82) is 0 Å². The first kappa shape index (κ1) is 69.4. The molecule has 0 saturated heterocycles. The Morgan fingerprint density at radius 2 is 0.670 bits per heavy atom. The van der Waals surface area contributed by atoms with E-state index in [0.29, 0.717) is 0 Å². The lowest BCUT2D eigenvalue weighted by molar-refractivity contribution is -0.401. The molecule has 0 spiro atoms. The van der Waals surface area contributed by atoms with Crippen molar-refractivity contribution in [2.75, 3.05) is 33.2 Å². The quantitative estimate of drug-likeness (QED) is 0.112. The molecule has 2 heterocycles. The van der Waals surface area contributed by atoms with Crippen molar-refractivity contribution in [3.8, 4) is 11.5 Å². The number of rotatable bonds is 8. The van der Waals surface area contributed by atoms with Crippen LogP contribution in [0.3, 0.4) is 0 Å². The van der Waals surface area contributed by atoms with E-state index in [4.69, 9.17) is 9.47 Å². The highest BCUT2D eigenvalue weighted by Crippen LogP contribution is 2.49. The number of fused-ring (bicyclic) bond motifs is 2. The molecular formula is C83H117BN2O2. The molecule has 6 aromatic rings. The normalized spacial score (nSPS) is 16.3. The molecule has 88 heavy (non-hydrogen) atoms. The Morgan fingerprint density at radius 1 is 0.386 bits per heavy atom. The number of allylic oxidation sites excluding steroid dienone is 4. The highest BCUT2D eigenvalue weighted by atomic mass is 16.5. The van der Waals surface area contributed by atoms with Crippen LogP contribution in [0, 0.1) is 0 Å². The number of anilines is 1. The number of benzene rings is 6. The first-order chi connectivity index (χ1) is 39.9. The van der Waals surface area contributed by atoms with Gasteiger partial charge in [0.25, 0.3) is 0 Å². The molecule has 0 saturated carbocycles. The predicted octanol–water partition coefficient (Wildman–Crippen LogP) is 19.0. The second-order valence-corrected chi connectivity index (χ2v) is 35.7. The zero-order valence-electron chi connectivity index (χ0n) is 61.4. The molecule has 474 valence electrons. The minimum atomic E-state index is -1.80. The summed E-state index contributed by atoms with van der Waals surface area (Å²) >= 11 is 0. The molecule has 0 N–H and O–H groups in total. The lowest BCUT2D eigenvalue weighted by atomic mass is 9.12. The fraction of sp³-hybridized carbons (Fsp3) is 0.506. The molecule has 5 heteroatoms. The van der Waals surface area contributed by atoms with Crippen LogP contribution in [0.15, 0.2) is 133 Å². The zero-order chi connectivity index (χ0) is 66.5. The van der Waals surface area contributed by atoms with Crippen LogP contribution in [0.25, 0.3) is 0 Å². The maximum absolute atomic E-state index is 5.46. The average molecular weight is 1190 g/mol. The second kappa shape index (κ2) is 23.3. The largest absolute Gasteiger partial charge is 0.497 e. The standard InChI is InChI=1S/C56H84B.C27H33N2O2/c1-49(2,3)37-25-38(50(4,5)6)30-45(29-37)57(46-31-39(51(7,8)9)26-40(32-46)52(10,11)12,47-33-41(53(13,14)15)27-42(34-47)54(16,17)18)48-35-43(55(19,20)21)28-44(36-48)56(22,23)24;1-26(2)20-16-18(30-7)12-14-22(20)28(5)24(26)10-9-11-25-27(3,4)21-17-19(31-8)13-15-23(21)29(25)6/h25-36H,1-24H3;9-17H,1-8H3/q-1;+1. The Bertz CT molecular complexity index is 3250. The van der Waals surface area contributed by atoms with E-state index in [1.165, 1.54) is 100 Å². The van der Waals surface area contributed by atoms with Gasteiger partial charge >= 0.3 is 0 Å². The maximum atomic E-state index is 5.46. The maximum Gasteiger partial charge on any atom is 0.209 e. The van der Waals surface area contributed by atoms with Gasteiger partial charge in [0, 0.05) is 41.6 Å². The van der Waals surface area contributed by atoms with Crippen LogP contribution in [-0.4, -0.2) is 44.7 Å². The Hall–Kier alpha value is -6.07. The number of nitrogens with zero attached hydrogens (tertiary/aromatic N) is 2. The monoisotopic (exact) mass is 1180 g/mol. The van der Waals surface area contributed by atoms with Crippen molar-refractivity contribution in [1.82, 2.24) is 0 Å². The van der Waals surface area contributed by atoms with E-state index in [0.717, 1.165) is 11.5 Å². The average Bonchev–Trinajstić information content (AvgIpc) is 0.940. The minimum Gasteiger partial charge on any atom is -0.497 e. The smallest absolute Gasteiger partial charge is 0.209 e. The number of likely N-dealkylation sites (N-methyl/N-ethyl adjacent to an activating group) is 1. The summed E-state index contributed by atoms with van der Waals surface area (Å²) < 4.78 is 13.2. The fourth-order valence-electron chi connectivity index (χ4n) is 13.3. The summed E-state index contributed by atoms with van der Waals surface area (Å²) in [4.78, 5) is 2.28. The van der Waals surface area contributed by atoms with Crippen LogP contribution in [0.2, 0.25) is 0 Å². The van der Waals surface area contributed by atoms with Crippen LogP contribution in [0.1, 0.15) is 249 Å². The van der Waals surface area contributed by atoms with Gasteiger partial charge < -0.3 is 14.4 Å². The van der Waals surface area contributed by atoms with Crippen molar-refractivity contribution < 1.29 is 14.0 Å². The fourth-order valence-corrected chi connectivity index (χ4v) is 13.3. The van der Waals surface area contributed by atoms with Gasteiger partial charge in [-0.3, -0.25) is 0 Å². The van der Waals surface area contributed by atoms with Gasteiger partial charge in [-0.15, -0.1) is 0 Å². The first-order valence-electron chi connectivity index (χ1n) is 32.8. The summed E-state index contributed by atoms with van der Waals surface area (Å²) in [5.74, 6) is 1.80. The molecule has 0 atom stereocenters. The second-order valence-electron chi connectivity index (χ2n) is 35.7. The molecule has 4 nitrogen and oxygen atoms in total. The Morgan fingerprint density at radius 3 is 0.955 bits per heavy atom. The van der Waals surface area contributed by atoms with E-state index in [1.54, 1.807) is 14.2 Å². The topological polar surface area (TPSA) is 24.7 Å². The van der Waals surface area contributed by atoms with E-state index >= 15 is 0 Å². The molecule has 2 aliphatic heterocycles. The van der Waals surface area contributed by atoms with Gasteiger partial charge in [0.15, 0.2) is 5.71 Å². The number of methoxy groups -OCH3 is 2. The molecule has 0 radical (unpaired) electrons. The summed E-state index contributed by atoms with van der Waals surface area (Å²) in [6.07, 6.45) is 4.88. The molecule has 0 fully saturated rings. The zero-order valence-corrected chi connectivity index (χ0v) is 61.4. The van der Waals surface area contributed by atoms with Gasteiger partial charge in [0.2, 0.25) is 5.69 Å². The van der Waals surface area contributed by atoms with E-state index in [9.17, 15) is 0 Å². The molecule has 0 aliphatic carbocycles. The molecular weight excluding hydrogens is 1070 g/mol. The predicted molar refractivity (Wildman–Crippen MR) is 388 cm³/mol. The SMILES string of the molecule is CC(C)(C)c1cc([B-](c2cc(C(C)(C)C)cc(C(C)(C)C)c2)(c2cc(C(C)(C)C)cc(C(C)(C)C)c2)c2cc(C(C)(C)C)cc(C(C)(C)C)c2)cc(C(C)(C)C)c1.COc1ccc2c(c1)C(C)(C)C(/C=C/C=C1/N(C)c3ccc(OC)cc3C1(C)C)=[N+]2C. The van der Waals surface area contributed by atoms with Gasteiger partial charge in [-0.25, -0.2) is 0 Å². The first-order valence-corrected chi connectivity index (χ1v) is 32.8. The third-order valence-electron chi connectivity index (χ3n) is 19.7. The molecule has 6 aromatic carbocycles. The van der Waals surface area contributed by atoms with Crippen molar-refractivity contribution >= 4 is 45.1 Å². The van der Waals surface area contributed by atoms with Crippen molar-refractivity contribution in [3.05, 3.63) is 189 Å². The van der Waals surface area contributed by atoms with E-state index in [1.807, 2.05) is 12.1 Å². The van der Waals surface area contributed by atoms with Crippen LogP contribution in [0.4, 0.5) is 11.4 Å². The summed E-state index contributed by atoms with van der Waals surface area (Å²) in [6, 6.07) is 43.7. The van der Waals surface area contributed by atoms with Crippen molar-refractivity contribution in [2.24, 2.45) is 0 Å². The summed E-state index contributed by atoms with van der Waals surface area (Å²) in [7, 11) is 7.72. The number of hydrogen-bond acceptors (Lipinski definition) is 3. The van der Waals surface area contributed by atoms with Gasteiger partial charge in [-0.05, 0) is 144 Å². The Labute approximate surface area is 537 Å². The van der Waals surface area contributed by atoms with Gasteiger partial charge in [0.1, 0.15) is 24.7 Å². The van der Waals surface area contributed by atoms with Gasteiger partial charge in [0.05, 0.1) is 19.6 Å². The minimum absolute atomic E-state index is 0.0463. The third kappa shape index (κ3) is 13.8. The van der Waals surface area contributed by atoms with Crippen LogP contribution >= 0.6 is 0 Å². The highest BCUT2D eigenvalue weighted by Gasteiger charge is 2.44. The number of ether oxygens (including phenoxy) is 2. The van der Waals surface area contributed by atoms with Gasteiger partial charge in [-0.2, -0.15) is 26.4 Å². The summed E-state index contributed by atoms with van der Waals surface area (Å²) in [5, 5.41) is 0. The molecule has 2 aliphatic rings. The van der Waals surface area contributed by atoms with Gasteiger partial charge in [-0.1, -0.05) is 259 Å². The molecule has 0 amide bonds. The van der Waals surface area contributed by atoms with Crippen molar-refractivity contribution in [3.63, 3.8) is 0 Å². The van der Waals surface area contributed by atoms with Crippen LogP contribution < -0.4 is 36.2 Å². The summed E-state index contributed by atoms with van der Waals surface area (Å²) in [5.41, 5.74) is 23.8. The highest BCUT2D eigenvalue weighted by molar-refractivity contribution is 7.20. The lowest BCUT2D eigenvalue weighted by Crippen LogP contribution is -2.75.